The zero-order valence-corrected chi connectivity index (χ0v) is 19.0. The van der Waals surface area contributed by atoms with Crippen LogP contribution in [0.5, 0.6) is 0 Å². The average molecular weight is 477 g/mol. The van der Waals surface area contributed by atoms with Crippen LogP contribution >= 0.6 is 11.3 Å². The summed E-state index contributed by atoms with van der Waals surface area (Å²) in [6.45, 7) is 3.86. The molecule has 1 N–H and O–H groups in total. The number of carbonyl (C=O) groups excluding carboxylic acids is 2. The maximum absolute atomic E-state index is 14.2. The molecule has 0 aliphatic carbocycles. The molecule has 3 aromatic carbocycles. The summed E-state index contributed by atoms with van der Waals surface area (Å²) in [6, 6.07) is 13.2. The highest BCUT2D eigenvalue weighted by molar-refractivity contribution is 7.22. The first-order valence-electron chi connectivity index (χ1n) is 10.4. The number of carbonyl (C=O) groups is 2. The molecule has 1 atom stereocenters. The van der Waals surface area contributed by atoms with Gasteiger partial charge in [0, 0.05) is 5.56 Å². The Morgan fingerprint density at radius 2 is 1.74 bits per heavy atom. The molecule has 170 valence electrons. The third kappa shape index (κ3) is 3.56. The fraction of sp³-hybridized carbons (Fsp3) is 0.115. The molecule has 1 fully saturated rings. The van der Waals surface area contributed by atoms with Gasteiger partial charge in [-0.3, -0.25) is 14.5 Å². The van der Waals surface area contributed by atoms with E-state index in [2.05, 4.69) is 4.98 Å². The number of anilines is 1. The van der Waals surface area contributed by atoms with E-state index >= 15 is 0 Å². The molecule has 1 saturated heterocycles. The van der Waals surface area contributed by atoms with Crippen LogP contribution in [0.15, 0.2) is 66.2 Å². The van der Waals surface area contributed by atoms with Gasteiger partial charge >= 0.3 is 5.91 Å². The largest absolute Gasteiger partial charge is 0.507 e. The van der Waals surface area contributed by atoms with Gasteiger partial charge in [-0.05, 0) is 73.0 Å². The van der Waals surface area contributed by atoms with Crippen LogP contribution in [0, 0.1) is 25.5 Å². The molecule has 1 aliphatic rings. The molecule has 0 spiro atoms. The lowest BCUT2D eigenvalue weighted by atomic mass is 9.95. The third-order valence-electron chi connectivity index (χ3n) is 5.75. The van der Waals surface area contributed by atoms with Crippen molar-refractivity contribution in [3.05, 3.63) is 100 Å². The van der Waals surface area contributed by atoms with Crippen LogP contribution in [-0.2, 0) is 9.59 Å². The molecule has 34 heavy (non-hydrogen) atoms. The second-order valence-electron chi connectivity index (χ2n) is 8.16. The van der Waals surface area contributed by atoms with Crippen LogP contribution in [-0.4, -0.2) is 21.8 Å². The average Bonchev–Trinajstić information content (AvgIpc) is 3.33. The number of rotatable bonds is 3. The zero-order valence-electron chi connectivity index (χ0n) is 18.2. The van der Waals surface area contributed by atoms with Gasteiger partial charge in [0.25, 0.3) is 5.78 Å². The van der Waals surface area contributed by atoms with Crippen molar-refractivity contribution >= 4 is 44.1 Å². The van der Waals surface area contributed by atoms with Gasteiger partial charge < -0.3 is 5.11 Å². The number of hydrogen-bond donors (Lipinski definition) is 1. The Labute approximate surface area is 197 Å². The smallest absolute Gasteiger partial charge is 0.301 e. The van der Waals surface area contributed by atoms with Crippen LogP contribution in [0.1, 0.15) is 28.3 Å². The monoisotopic (exact) mass is 476 g/mol. The predicted octanol–water partition coefficient (Wildman–Crippen LogP) is 5.82. The summed E-state index contributed by atoms with van der Waals surface area (Å²) in [4.78, 5) is 32.2. The quantitative estimate of drug-likeness (QED) is 0.230. The maximum atomic E-state index is 14.2. The van der Waals surface area contributed by atoms with Gasteiger partial charge in [0.2, 0.25) is 0 Å². The van der Waals surface area contributed by atoms with E-state index < -0.39 is 35.1 Å². The summed E-state index contributed by atoms with van der Waals surface area (Å²) >= 11 is 1.24. The van der Waals surface area contributed by atoms with Crippen molar-refractivity contribution < 1.29 is 23.5 Å². The fourth-order valence-electron chi connectivity index (χ4n) is 4.25. The van der Waals surface area contributed by atoms with Crippen LogP contribution in [0.4, 0.5) is 13.9 Å². The molecular weight excluding hydrogens is 458 g/mol. The Balaban J connectivity index is 1.75. The maximum Gasteiger partial charge on any atom is 0.301 e. The van der Waals surface area contributed by atoms with Gasteiger partial charge in [-0.15, -0.1) is 0 Å². The van der Waals surface area contributed by atoms with Crippen LogP contribution < -0.4 is 4.90 Å². The molecular formula is C26H18F2N2O3S. The van der Waals surface area contributed by atoms with Gasteiger partial charge in [0.15, 0.2) is 5.13 Å². The van der Waals surface area contributed by atoms with Crippen molar-refractivity contribution in [1.82, 2.24) is 4.98 Å². The highest BCUT2D eigenvalue weighted by Gasteiger charge is 2.48. The lowest BCUT2D eigenvalue weighted by Crippen LogP contribution is -2.29. The van der Waals surface area contributed by atoms with E-state index in [1.54, 1.807) is 6.07 Å². The van der Waals surface area contributed by atoms with Crippen molar-refractivity contribution in [2.75, 3.05) is 4.90 Å². The van der Waals surface area contributed by atoms with Gasteiger partial charge in [0.05, 0.1) is 21.8 Å². The van der Waals surface area contributed by atoms with E-state index in [9.17, 15) is 23.5 Å². The molecule has 5 nitrogen and oxygen atoms in total. The molecule has 5 rings (SSSR count). The number of benzene rings is 3. The minimum absolute atomic E-state index is 0.163. The van der Waals surface area contributed by atoms with Gasteiger partial charge in [-0.1, -0.05) is 29.5 Å². The number of hydrogen-bond acceptors (Lipinski definition) is 5. The van der Waals surface area contributed by atoms with Crippen LogP contribution in [0.2, 0.25) is 0 Å². The summed E-state index contributed by atoms with van der Waals surface area (Å²) in [7, 11) is 0. The number of ketones is 1. The van der Waals surface area contributed by atoms with Crippen LogP contribution in [0.3, 0.4) is 0 Å². The number of halogens is 2. The number of amides is 1. The van der Waals surface area contributed by atoms with Crippen LogP contribution in [0.25, 0.3) is 16.0 Å². The molecule has 0 saturated carbocycles. The van der Waals surface area contributed by atoms with E-state index in [0.717, 1.165) is 28.0 Å². The standard InChI is InChI=1S/C26H18F2N2O3S/c1-13-10-14(2)21-19(11-13)34-26(29-21)30-22(16-4-3-5-18(28)12-16)20(24(32)25(30)33)23(31)15-6-8-17(27)9-7-15/h3-12,22,31H,1-2H3/b23-20+. The minimum atomic E-state index is -1.11. The summed E-state index contributed by atoms with van der Waals surface area (Å²) in [5, 5.41) is 11.3. The van der Waals surface area contributed by atoms with E-state index in [4.69, 9.17) is 0 Å². The fourth-order valence-corrected chi connectivity index (χ4v) is 5.42. The minimum Gasteiger partial charge on any atom is -0.507 e. The van der Waals surface area contributed by atoms with Crippen molar-refractivity contribution in [2.24, 2.45) is 0 Å². The SMILES string of the molecule is Cc1cc(C)c2nc(N3C(=O)C(=O)/C(=C(/O)c4ccc(F)cc4)C3c3cccc(F)c3)sc2c1. The molecule has 1 aromatic heterocycles. The first-order valence-corrected chi connectivity index (χ1v) is 11.3. The summed E-state index contributed by atoms with van der Waals surface area (Å²) in [5.74, 6) is -3.35. The predicted molar refractivity (Wildman–Crippen MR) is 127 cm³/mol. The number of aliphatic hydroxyl groups is 1. The normalized spacial score (nSPS) is 17.6. The highest BCUT2D eigenvalue weighted by atomic mass is 32.1. The van der Waals surface area contributed by atoms with Crippen molar-refractivity contribution in [3.63, 3.8) is 0 Å². The van der Waals surface area contributed by atoms with Crippen molar-refractivity contribution in [1.29, 1.82) is 0 Å². The Morgan fingerprint density at radius 1 is 1.00 bits per heavy atom. The van der Waals surface area contributed by atoms with Gasteiger partial charge in [0.1, 0.15) is 17.4 Å². The number of fused-ring (bicyclic) bond motifs is 1. The number of aromatic nitrogens is 1. The topological polar surface area (TPSA) is 70.5 Å². The Bertz CT molecular complexity index is 1510. The number of thiazole rings is 1. The molecule has 0 bridgehead atoms. The van der Waals surface area contributed by atoms with Gasteiger partial charge in [-0.25, -0.2) is 13.8 Å². The van der Waals surface area contributed by atoms with Crippen molar-refractivity contribution in [3.8, 4) is 0 Å². The Kier molecular flexibility index (Phi) is 5.25. The molecule has 1 amide bonds. The number of nitrogens with zero attached hydrogens (tertiary/aromatic N) is 2. The lowest BCUT2D eigenvalue weighted by Gasteiger charge is -2.23. The summed E-state index contributed by atoms with van der Waals surface area (Å²) in [5.41, 5.74) is 2.90. The lowest BCUT2D eigenvalue weighted by molar-refractivity contribution is -0.132. The first-order chi connectivity index (χ1) is 16.2. The second kappa shape index (κ2) is 8.14. The van der Waals surface area contributed by atoms with E-state index in [1.807, 2.05) is 26.0 Å². The number of aryl methyl sites for hydroxylation is 2. The highest BCUT2D eigenvalue weighted by Crippen LogP contribution is 2.44. The first kappa shape index (κ1) is 21.9. The second-order valence-corrected chi connectivity index (χ2v) is 9.17. The Hall–Kier alpha value is -3.91. The summed E-state index contributed by atoms with van der Waals surface area (Å²) < 4.78 is 28.4. The Morgan fingerprint density at radius 3 is 2.44 bits per heavy atom. The molecule has 8 heteroatoms. The van der Waals surface area contributed by atoms with Gasteiger partial charge in [-0.2, -0.15) is 0 Å². The van der Waals surface area contributed by atoms with E-state index in [-0.39, 0.29) is 16.3 Å². The third-order valence-corrected chi connectivity index (χ3v) is 6.75. The molecule has 1 unspecified atom stereocenters. The van der Waals surface area contributed by atoms with E-state index in [0.29, 0.717) is 11.1 Å². The molecule has 2 heterocycles. The van der Waals surface area contributed by atoms with E-state index in [1.165, 1.54) is 46.6 Å². The summed E-state index contributed by atoms with van der Waals surface area (Å²) in [6.07, 6.45) is 0. The number of Topliss-reactive ketones (excluding diaryl/α,β-unsaturated/α-hetero) is 1. The molecule has 4 aromatic rings. The number of aliphatic hydroxyl groups excluding tert-OH is 1. The van der Waals surface area contributed by atoms with Crippen molar-refractivity contribution in [2.45, 2.75) is 19.9 Å². The zero-order chi connectivity index (χ0) is 24.1. The molecule has 0 radical (unpaired) electrons. The molecule has 1 aliphatic heterocycles.